The highest BCUT2D eigenvalue weighted by molar-refractivity contribution is 5.94. The maximum absolute atomic E-state index is 12.9. The standard InChI is InChI=1S/C28H27N3O5/c1-35-25-13-7-6-12-24(25)29-14-16-30(17-15-29)26(32)19-36-27(33)18-31-22-10-4-2-8-20(22)28(34)21-9-3-5-11-23(21)31/h2-13H,14-19H2,1H3. The third kappa shape index (κ3) is 4.49. The van der Waals surface area contributed by atoms with Gasteiger partial charge in [0.25, 0.3) is 5.91 Å². The number of rotatable bonds is 6. The van der Waals surface area contributed by atoms with Gasteiger partial charge >= 0.3 is 5.97 Å². The molecule has 0 unspecified atom stereocenters. The van der Waals surface area contributed by atoms with Gasteiger partial charge in [-0.3, -0.25) is 14.4 Å². The smallest absolute Gasteiger partial charge is 0.326 e. The van der Waals surface area contributed by atoms with Crippen molar-refractivity contribution >= 4 is 39.4 Å². The third-order valence-electron chi connectivity index (χ3n) is 6.58. The van der Waals surface area contributed by atoms with Crippen LogP contribution in [0.2, 0.25) is 0 Å². The second-order valence-corrected chi connectivity index (χ2v) is 8.65. The summed E-state index contributed by atoms with van der Waals surface area (Å²) in [5.41, 5.74) is 2.22. The highest BCUT2D eigenvalue weighted by Crippen LogP contribution is 2.28. The monoisotopic (exact) mass is 485 g/mol. The van der Waals surface area contributed by atoms with Crippen molar-refractivity contribution in [2.75, 3.05) is 44.8 Å². The molecule has 1 saturated heterocycles. The molecule has 184 valence electrons. The lowest BCUT2D eigenvalue weighted by Gasteiger charge is -2.36. The van der Waals surface area contributed by atoms with E-state index in [-0.39, 0.29) is 24.5 Å². The van der Waals surface area contributed by atoms with Crippen LogP contribution in [-0.2, 0) is 20.9 Å². The minimum atomic E-state index is -0.532. The fraction of sp³-hybridized carbons (Fsp3) is 0.250. The van der Waals surface area contributed by atoms with Gasteiger partial charge in [0.15, 0.2) is 12.0 Å². The Labute approximate surface area is 208 Å². The van der Waals surface area contributed by atoms with Gasteiger partial charge in [0, 0.05) is 37.0 Å². The fourth-order valence-corrected chi connectivity index (χ4v) is 4.74. The number of amides is 1. The maximum atomic E-state index is 12.9. The van der Waals surface area contributed by atoms with Crippen LogP contribution in [0.5, 0.6) is 5.75 Å². The average Bonchev–Trinajstić information content (AvgIpc) is 2.94. The molecule has 3 aromatic carbocycles. The molecule has 1 aliphatic heterocycles. The Kier molecular flexibility index (Phi) is 6.58. The number of ether oxygens (including phenoxy) is 2. The molecule has 4 aromatic rings. The molecule has 0 radical (unpaired) electrons. The molecule has 1 aliphatic rings. The first-order valence-electron chi connectivity index (χ1n) is 11.9. The molecule has 0 aliphatic carbocycles. The van der Waals surface area contributed by atoms with E-state index in [2.05, 4.69) is 4.90 Å². The number of benzene rings is 3. The summed E-state index contributed by atoms with van der Waals surface area (Å²) in [5, 5.41) is 1.07. The van der Waals surface area contributed by atoms with Gasteiger partial charge in [0.1, 0.15) is 12.3 Å². The van der Waals surface area contributed by atoms with Crippen LogP contribution < -0.4 is 15.1 Å². The van der Waals surface area contributed by atoms with Crippen LogP contribution in [0.15, 0.2) is 77.6 Å². The first-order valence-corrected chi connectivity index (χ1v) is 11.9. The number of esters is 1. The van der Waals surface area contributed by atoms with E-state index >= 15 is 0 Å². The van der Waals surface area contributed by atoms with Crippen molar-refractivity contribution in [1.29, 1.82) is 0 Å². The lowest BCUT2D eigenvalue weighted by molar-refractivity contribution is -0.152. The number of aromatic nitrogens is 1. The number of carbonyl (C=O) groups is 2. The zero-order valence-electron chi connectivity index (χ0n) is 20.1. The number of nitrogens with zero attached hydrogens (tertiary/aromatic N) is 3. The lowest BCUT2D eigenvalue weighted by atomic mass is 10.1. The van der Waals surface area contributed by atoms with Crippen LogP contribution in [0.1, 0.15) is 0 Å². The van der Waals surface area contributed by atoms with E-state index in [0.717, 1.165) is 11.4 Å². The Hall–Kier alpha value is -4.33. The Morgan fingerprint density at radius 2 is 1.39 bits per heavy atom. The Balaban J connectivity index is 1.23. The fourth-order valence-electron chi connectivity index (χ4n) is 4.74. The van der Waals surface area contributed by atoms with Gasteiger partial charge < -0.3 is 23.8 Å². The third-order valence-corrected chi connectivity index (χ3v) is 6.58. The van der Waals surface area contributed by atoms with Gasteiger partial charge in [0.05, 0.1) is 23.8 Å². The summed E-state index contributed by atoms with van der Waals surface area (Å²) in [6, 6.07) is 22.2. The molecule has 0 spiro atoms. The molecule has 8 nitrogen and oxygen atoms in total. The number of fused-ring (bicyclic) bond motifs is 2. The predicted octanol–water partition coefficient (Wildman–Crippen LogP) is 3.06. The molecule has 0 saturated carbocycles. The van der Waals surface area contributed by atoms with Gasteiger partial charge in [-0.1, -0.05) is 36.4 Å². The Bertz CT molecular complexity index is 1430. The Morgan fingerprint density at radius 1 is 0.806 bits per heavy atom. The molecule has 36 heavy (non-hydrogen) atoms. The number of para-hydroxylation sites is 4. The minimum absolute atomic E-state index is 0.0757. The van der Waals surface area contributed by atoms with E-state index in [4.69, 9.17) is 9.47 Å². The van der Waals surface area contributed by atoms with Crippen molar-refractivity contribution < 1.29 is 19.1 Å². The van der Waals surface area contributed by atoms with Crippen LogP contribution in [0, 0.1) is 0 Å². The summed E-state index contributed by atoms with van der Waals surface area (Å²) in [7, 11) is 1.64. The molecule has 5 rings (SSSR count). The number of hydrogen-bond donors (Lipinski definition) is 0. The normalized spacial score (nSPS) is 13.7. The van der Waals surface area contributed by atoms with Crippen molar-refractivity contribution in [3.63, 3.8) is 0 Å². The molecule has 0 bridgehead atoms. The topological polar surface area (TPSA) is 81.1 Å². The van der Waals surface area contributed by atoms with Gasteiger partial charge in [-0.15, -0.1) is 0 Å². The molecule has 0 N–H and O–H groups in total. The van der Waals surface area contributed by atoms with Gasteiger partial charge in [-0.05, 0) is 36.4 Å². The van der Waals surface area contributed by atoms with Crippen LogP contribution in [0.25, 0.3) is 21.8 Å². The molecule has 1 fully saturated rings. The highest BCUT2D eigenvalue weighted by Gasteiger charge is 2.24. The molecular formula is C28H27N3O5. The number of anilines is 1. The van der Waals surface area contributed by atoms with E-state index in [0.29, 0.717) is 48.0 Å². The summed E-state index contributed by atoms with van der Waals surface area (Å²) in [6.45, 7) is 1.97. The van der Waals surface area contributed by atoms with Gasteiger partial charge in [-0.2, -0.15) is 0 Å². The largest absolute Gasteiger partial charge is 0.495 e. The maximum Gasteiger partial charge on any atom is 0.326 e. The number of pyridine rings is 1. The molecule has 1 amide bonds. The number of methoxy groups -OCH3 is 1. The van der Waals surface area contributed by atoms with Gasteiger partial charge in [0.2, 0.25) is 0 Å². The van der Waals surface area contributed by atoms with Crippen molar-refractivity contribution in [2.24, 2.45) is 0 Å². The summed E-state index contributed by atoms with van der Waals surface area (Å²) < 4.78 is 12.6. The number of piperazine rings is 1. The van der Waals surface area contributed by atoms with Crippen LogP contribution in [0.4, 0.5) is 5.69 Å². The second-order valence-electron chi connectivity index (χ2n) is 8.65. The number of carbonyl (C=O) groups excluding carboxylic acids is 2. The van der Waals surface area contributed by atoms with E-state index in [1.807, 2.05) is 48.5 Å². The predicted molar refractivity (Wildman–Crippen MR) is 138 cm³/mol. The summed E-state index contributed by atoms with van der Waals surface area (Å²) in [5.74, 6) is 0.0429. The van der Waals surface area contributed by atoms with Crippen molar-refractivity contribution in [3.8, 4) is 5.75 Å². The quantitative estimate of drug-likeness (QED) is 0.309. The summed E-state index contributed by atoms with van der Waals surface area (Å²) in [6.07, 6.45) is 0. The van der Waals surface area contributed by atoms with Crippen molar-refractivity contribution in [1.82, 2.24) is 9.47 Å². The van der Waals surface area contributed by atoms with Crippen LogP contribution >= 0.6 is 0 Å². The van der Waals surface area contributed by atoms with E-state index in [1.165, 1.54) is 0 Å². The SMILES string of the molecule is COc1ccccc1N1CCN(C(=O)COC(=O)Cn2c3ccccc3c(=O)c3ccccc32)CC1. The summed E-state index contributed by atoms with van der Waals surface area (Å²) in [4.78, 5) is 42.3. The van der Waals surface area contributed by atoms with Crippen molar-refractivity contribution in [2.45, 2.75) is 6.54 Å². The molecule has 0 atom stereocenters. The minimum Gasteiger partial charge on any atom is -0.495 e. The van der Waals surface area contributed by atoms with E-state index < -0.39 is 5.97 Å². The van der Waals surface area contributed by atoms with Crippen LogP contribution in [0.3, 0.4) is 0 Å². The highest BCUT2D eigenvalue weighted by atomic mass is 16.5. The molecule has 8 heteroatoms. The summed E-state index contributed by atoms with van der Waals surface area (Å²) >= 11 is 0. The second kappa shape index (κ2) is 10.1. The first kappa shape index (κ1) is 23.4. The number of hydrogen-bond acceptors (Lipinski definition) is 6. The van der Waals surface area contributed by atoms with Crippen LogP contribution in [-0.4, -0.2) is 61.2 Å². The lowest BCUT2D eigenvalue weighted by Crippen LogP contribution is -2.50. The average molecular weight is 486 g/mol. The Morgan fingerprint density at radius 3 is 2.03 bits per heavy atom. The molecule has 2 heterocycles. The molecular weight excluding hydrogens is 458 g/mol. The van der Waals surface area contributed by atoms with E-state index in [1.54, 1.807) is 40.8 Å². The first-order chi connectivity index (χ1) is 17.6. The van der Waals surface area contributed by atoms with E-state index in [9.17, 15) is 14.4 Å². The van der Waals surface area contributed by atoms with Crippen molar-refractivity contribution in [3.05, 3.63) is 83.0 Å². The zero-order valence-corrected chi connectivity index (χ0v) is 20.1. The zero-order chi connectivity index (χ0) is 25.1. The molecule has 1 aromatic heterocycles. The van der Waals surface area contributed by atoms with Gasteiger partial charge in [-0.25, -0.2) is 0 Å².